The molecule has 5 heteroatoms. The second-order valence-corrected chi connectivity index (χ2v) is 6.41. The largest absolute Gasteiger partial charge is 0.507 e. The molecule has 0 aliphatic heterocycles. The van der Waals surface area contributed by atoms with E-state index in [0.717, 1.165) is 11.1 Å². The van der Waals surface area contributed by atoms with E-state index in [2.05, 4.69) is 4.98 Å². The van der Waals surface area contributed by atoms with E-state index in [9.17, 15) is 9.90 Å². The quantitative estimate of drug-likeness (QED) is 0.476. The number of benzene rings is 3. The number of fused-ring (bicyclic) bond motifs is 1. The minimum absolute atomic E-state index is 0.00871. The summed E-state index contributed by atoms with van der Waals surface area (Å²) in [6.07, 6.45) is 1.30. The number of nitrogens with zero attached hydrogens (tertiary/aromatic N) is 1. The molecule has 0 fully saturated rings. The summed E-state index contributed by atoms with van der Waals surface area (Å²) in [7, 11) is 0. The third-order valence-corrected chi connectivity index (χ3v) is 4.37. The zero-order valence-electron chi connectivity index (χ0n) is 14.1. The summed E-state index contributed by atoms with van der Waals surface area (Å²) >= 11 is 5.95. The van der Waals surface area contributed by atoms with Gasteiger partial charge in [0, 0.05) is 16.7 Å². The molecule has 3 aromatic carbocycles. The van der Waals surface area contributed by atoms with E-state index >= 15 is 0 Å². The molecule has 0 atom stereocenters. The first-order chi connectivity index (χ1) is 13.1. The Bertz CT molecular complexity index is 1200. The lowest BCUT2D eigenvalue weighted by Gasteiger charge is -2.04. The van der Waals surface area contributed by atoms with E-state index in [1.54, 1.807) is 30.3 Å². The predicted molar refractivity (Wildman–Crippen MR) is 108 cm³/mol. The first kappa shape index (κ1) is 17.1. The molecule has 0 saturated carbocycles. The molecule has 0 saturated heterocycles. The fraction of sp³-hybridized carbons (Fsp3) is 0. The first-order valence-electron chi connectivity index (χ1n) is 8.27. The lowest BCUT2D eigenvalue weighted by atomic mass is 10.0. The Hall–Kier alpha value is -3.37. The summed E-state index contributed by atoms with van der Waals surface area (Å²) in [6, 6.07) is 22.1. The maximum Gasteiger partial charge on any atom is 0.362 e. The van der Waals surface area contributed by atoms with Crippen molar-refractivity contribution in [3.8, 4) is 11.1 Å². The normalized spacial score (nSPS) is 11.7. The Balaban J connectivity index is 1.69. The highest BCUT2D eigenvalue weighted by Gasteiger charge is 2.08. The van der Waals surface area contributed by atoms with Gasteiger partial charge in [-0.15, -0.1) is 0 Å². The molecule has 1 heterocycles. The van der Waals surface area contributed by atoms with Crippen molar-refractivity contribution in [1.82, 2.24) is 4.98 Å². The van der Waals surface area contributed by atoms with Gasteiger partial charge in [-0.25, -0.2) is 9.78 Å². The Labute approximate surface area is 160 Å². The molecule has 0 aliphatic rings. The topological polar surface area (TPSA) is 63.3 Å². The number of aliphatic hydroxyl groups is 1. The van der Waals surface area contributed by atoms with Crippen molar-refractivity contribution in [2.75, 3.05) is 0 Å². The fourth-order valence-electron chi connectivity index (χ4n) is 2.76. The number of rotatable bonds is 3. The molecule has 0 radical (unpaired) electrons. The van der Waals surface area contributed by atoms with E-state index in [-0.39, 0.29) is 11.5 Å². The van der Waals surface area contributed by atoms with Gasteiger partial charge in [-0.05, 0) is 29.3 Å². The molecule has 132 valence electrons. The molecule has 1 N–H and O–H groups in total. The van der Waals surface area contributed by atoms with E-state index in [0.29, 0.717) is 21.7 Å². The average Bonchev–Trinajstić information content (AvgIpc) is 2.69. The van der Waals surface area contributed by atoms with Crippen molar-refractivity contribution in [3.05, 3.63) is 99.5 Å². The number of aromatic nitrogens is 1. The summed E-state index contributed by atoms with van der Waals surface area (Å²) in [5, 5.41) is 10.9. The van der Waals surface area contributed by atoms with Gasteiger partial charge < -0.3 is 9.52 Å². The predicted octanol–water partition coefficient (Wildman–Crippen LogP) is 5.56. The smallest absolute Gasteiger partial charge is 0.362 e. The van der Waals surface area contributed by atoms with Crippen LogP contribution in [0.1, 0.15) is 11.3 Å². The molecular formula is C22H14ClNO3. The van der Waals surface area contributed by atoms with Gasteiger partial charge in [0.15, 0.2) is 11.3 Å². The Morgan fingerprint density at radius 1 is 0.963 bits per heavy atom. The van der Waals surface area contributed by atoms with Crippen molar-refractivity contribution in [2.24, 2.45) is 0 Å². The molecule has 0 amide bonds. The second kappa shape index (κ2) is 7.09. The maximum absolute atomic E-state index is 12.1. The molecular weight excluding hydrogens is 362 g/mol. The maximum atomic E-state index is 12.1. The van der Waals surface area contributed by atoms with E-state index in [1.165, 1.54) is 6.08 Å². The van der Waals surface area contributed by atoms with Gasteiger partial charge in [0.2, 0.25) is 0 Å². The fourth-order valence-corrected chi connectivity index (χ4v) is 2.93. The van der Waals surface area contributed by atoms with Crippen LogP contribution in [-0.2, 0) is 0 Å². The second-order valence-electron chi connectivity index (χ2n) is 5.97. The Kier molecular flexibility index (Phi) is 4.48. The van der Waals surface area contributed by atoms with E-state index < -0.39 is 5.63 Å². The SMILES string of the molecule is O=c1oc2ccc(Cl)cc2nc1C=C(O)c1ccc(-c2ccccc2)cc1. The molecule has 27 heavy (non-hydrogen) atoms. The van der Waals surface area contributed by atoms with Crippen LogP contribution in [0.15, 0.2) is 82.0 Å². The summed E-state index contributed by atoms with van der Waals surface area (Å²) in [4.78, 5) is 16.3. The van der Waals surface area contributed by atoms with Crippen LogP contribution in [0.4, 0.5) is 0 Å². The number of halogens is 1. The third kappa shape index (κ3) is 3.61. The molecule has 4 aromatic rings. The van der Waals surface area contributed by atoms with Gasteiger partial charge in [0.25, 0.3) is 0 Å². The molecule has 4 rings (SSSR count). The zero-order valence-corrected chi connectivity index (χ0v) is 14.9. The van der Waals surface area contributed by atoms with Gasteiger partial charge in [0.05, 0.1) is 0 Å². The summed E-state index contributed by atoms with van der Waals surface area (Å²) in [5.74, 6) is -0.0733. The van der Waals surface area contributed by atoms with Crippen molar-refractivity contribution < 1.29 is 9.52 Å². The zero-order chi connectivity index (χ0) is 18.8. The van der Waals surface area contributed by atoms with Crippen molar-refractivity contribution in [1.29, 1.82) is 0 Å². The molecule has 0 spiro atoms. The van der Waals surface area contributed by atoms with Gasteiger partial charge in [-0.3, -0.25) is 0 Å². The van der Waals surface area contributed by atoms with Gasteiger partial charge in [-0.1, -0.05) is 66.2 Å². The summed E-state index contributed by atoms with van der Waals surface area (Å²) in [6.45, 7) is 0. The van der Waals surface area contributed by atoms with E-state index in [4.69, 9.17) is 16.0 Å². The number of hydrogen-bond donors (Lipinski definition) is 1. The number of aliphatic hydroxyl groups excluding tert-OH is 1. The van der Waals surface area contributed by atoms with Crippen molar-refractivity contribution in [3.63, 3.8) is 0 Å². The van der Waals surface area contributed by atoms with Gasteiger partial charge in [-0.2, -0.15) is 0 Å². The minimum atomic E-state index is -0.628. The Morgan fingerprint density at radius 2 is 1.67 bits per heavy atom. The van der Waals surface area contributed by atoms with Crippen molar-refractivity contribution in [2.45, 2.75) is 0 Å². The van der Waals surface area contributed by atoms with Gasteiger partial charge in [0.1, 0.15) is 11.3 Å². The van der Waals surface area contributed by atoms with Crippen LogP contribution in [0.3, 0.4) is 0 Å². The average molecular weight is 376 g/mol. The highest BCUT2D eigenvalue weighted by Crippen LogP contribution is 2.22. The van der Waals surface area contributed by atoms with Crippen LogP contribution < -0.4 is 5.63 Å². The molecule has 0 bridgehead atoms. The number of hydrogen-bond acceptors (Lipinski definition) is 4. The third-order valence-electron chi connectivity index (χ3n) is 4.13. The van der Waals surface area contributed by atoms with Crippen LogP contribution in [-0.4, -0.2) is 10.1 Å². The van der Waals surface area contributed by atoms with Crippen LogP contribution >= 0.6 is 11.6 Å². The first-order valence-corrected chi connectivity index (χ1v) is 8.65. The highest BCUT2D eigenvalue weighted by molar-refractivity contribution is 6.31. The monoisotopic (exact) mass is 375 g/mol. The Morgan fingerprint density at radius 3 is 2.41 bits per heavy atom. The lowest BCUT2D eigenvalue weighted by Crippen LogP contribution is -2.06. The minimum Gasteiger partial charge on any atom is -0.507 e. The molecule has 1 aromatic heterocycles. The van der Waals surface area contributed by atoms with Crippen LogP contribution in [0.2, 0.25) is 5.02 Å². The van der Waals surface area contributed by atoms with Gasteiger partial charge >= 0.3 is 5.63 Å². The summed E-state index contributed by atoms with van der Waals surface area (Å²) in [5.41, 5.74) is 2.86. The lowest BCUT2D eigenvalue weighted by molar-refractivity contribution is 0.514. The van der Waals surface area contributed by atoms with Crippen LogP contribution in [0, 0.1) is 0 Å². The molecule has 0 unspecified atom stereocenters. The van der Waals surface area contributed by atoms with Crippen LogP contribution in [0.25, 0.3) is 34.1 Å². The highest BCUT2D eigenvalue weighted by atomic mass is 35.5. The summed E-state index contributed by atoms with van der Waals surface area (Å²) < 4.78 is 5.23. The van der Waals surface area contributed by atoms with E-state index in [1.807, 2.05) is 42.5 Å². The molecule has 0 aliphatic carbocycles. The van der Waals surface area contributed by atoms with Crippen LogP contribution in [0.5, 0.6) is 0 Å². The molecule has 4 nitrogen and oxygen atoms in total. The van der Waals surface area contributed by atoms with Crippen molar-refractivity contribution >= 4 is 34.5 Å². The standard InChI is InChI=1S/C22H14ClNO3/c23-17-10-11-21-18(12-17)24-19(22(26)27-21)13-20(25)16-8-6-15(7-9-16)14-4-2-1-3-5-14/h1-13,25H.